The number of likely N-dealkylation sites (N-methyl/N-ethyl adjacent to an activating group) is 1. The molecule has 0 saturated carbocycles. The molecule has 21 heavy (non-hydrogen) atoms. The number of carbonyl (C=O) groups is 1. The van der Waals surface area contributed by atoms with E-state index in [1.807, 2.05) is 0 Å². The number of carboxylic acid groups (broad SMARTS) is 1. The molecule has 1 rings (SSSR count). The first-order chi connectivity index (χ1) is 9.71. The van der Waals surface area contributed by atoms with Gasteiger partial charge >= 0.3 is 12.1 Å². The maximum atomic E-state index is 12.5. The van der Waals surface area contributed by atoms with E-state index < -0.39 is 23.8 Å². The highest BCUT2D eigenvalue weighted by Gasteiger charge is 2.30. The van der Waals surface area contributed by atoms with Crippen LogP contribution in [0.1, 0.15) is 18.9 Å². The average Bonchev–Trinajstić information content (AvgIpc) is 2.41. The number of nitrogens with zero attached hydrogens (tertiary/aromatic N) is 1. The molecule has 0 amide bonds. The number of alkyl halides is 3. The lowest BCUT2D eigenvalue weighted by Gasteiger charge is -2.20. The second-order valence-electron chi connectivity index (χ2n) is 4.72. The molecule has 1 atom stereocenters. The van der Waals surface area contributed by atoms with E-state index in [-0.39, 0.29) is 12.4 Å². The van der Waals surface area contributed by atoms with Crippen LogP contribution >= 0.6 is 0 Å². The number of rotatable bonds is 7. The molecule has 0 fully saturated rings. The third-order valence-corrected chi connectivity index (χ3v) is 3.10. The third kappa shape index (κ3) is 5.63. The summed E-state index contributed by atoms with van der Waals surface area (Å²) in [7, 11) is 1.67. The minimum absolute atomic E-state index is 0.152. The smallest absolute Gasteiger partial charge is 0.416 e. The van der Waals surface area contributed by atoms with Crippen molar-refractivity contribution in [2.75, 3.05) is 20.2 Å². The average molecular weight is 305 g/mol. The molecule has 1 aromatic rings. The summed E-state index contributed by atoms with van der Waals surface area (Å²) < 4.78 is 42.8. The molecule has 0 radical (unpaired) electrons. The van der Waals surface area contributed by atoms with Crippen molar-refractivity contribution >= 4 is 5.97 Å². The Morgan fingerprint density at radius 1 is 1.43 bits per heavy atom. The van der Waals surface area contributed by atoms with Crippen LogP contribution in [-0.2, 0) is 11.0 Å². The second-order valence-corrected chi connectivity index (χ2v) is 4.72. The summed E-state index contributed by atoms with van der Waals surface area (Å²) in [6, 6.07) is 4.06. The molecule has 0 aliphatic heterocycles. The molecule has 0 heterocycles. The van der Waals surface area contributed by atoms with Crippen LogP contribution in [0.5, 0.6) is 5.75 Å². The number of hydrogen-bond acceptors (Lipinski definition) is 3. The minimum atomic E-state index is -4.39. The summed E-state index contributed by atoms with van der Waals surface area (Å²) >= 11 is 0. The molecule has 118 valence electrons. The monoisotopic (exact) mass is 305 g/mol. The van der Waals surface area contributed by atoms with Crippen LogP contribution in [0.15, 0.2) is 24.3 Å². The summed E-state index contributed by atoms with van der Waals surface area (Å²) in [5.74, 6) is -0.768. The molecule has 0 saturated heterocycles. The number of hydrogen-bond donors (Lipinski definition) is 1. The van der Waals surface area contributed by atoms with Crippen molar-refractivity contribution in [3.63, 3.8) is 0 Å². The van der Waals surface area contributed by atoms with Gasteiger partial charge in [-0.15, -0.1) is 0 Å². The predicted molar refractivity (Wildman–Crippen MR) is 71.3 cm³/mol. The Morgan fingerprint density at radius 3 is 2.67 bits per heavy atom. The lowest BCUT2D eigenvalue weighted by atomic mass is 10.2. The molecule has 1 aromatic carbocycles. The van der Waals surface area contributed by atoms with Crippen molar-refractivity contribution in [2.24, 2.45) is 0 Å². The van der Waals surface area contributed by atoms with Crippen molar-refractivity contribution in [3.05, 3.63) is 29.8 Å². The zero-order valence-electron chi connectivity index (χ0n) is 11.9. The first-order valence-electron chi connectivity index (χ1n) is 6.45. The Kier molecular flexibility index (Phi) is 6.02. The molecule has 1 unspecified atom stereocenters. The van der Waals surface area contributed by atoms with Gasteiger partial charge in [-0.25, -0.2) is 0 Å². The zero-order chi connectivity index (χ0) is 16.0. The molecule has 0 aliphatic carbocycles. The molecular weight excluding hydrogens is 287 g/mol. The number of halogens is 3. The van der Waals surface area contributed by atoms with Gasteiger partial charge in [0.15, 0.2) is 0 Å². The van der Waals surface area contributed by atoms with Gasteiger partial charge in [-0.1, -0.05) is 6.07 Å². The van der Waals surface area contributed by atoms with E-state index in [2.05, 4.69) is 0 Å². The van der Waals surface area contributed by atoms with Crippen LogP contribution in [0.25, 0.3) is 0 Å². The molecule has 0 aromatic heterocycles. The van der Waals surface area contributed by atoms with E-state index in [9.17, 15) is 18.0 Å². The van der Waals surface area contributed by atoms with Gasteiger partial charge in [0.1, 0.15) is 11.8 Å². The highest BCUT2D eigenvalue weighted by atomic mass is 19.4. The van der Waals surface area contributed by atoms with E-state index in [1.165, 1.54) is 12.1 Å². The van der Waals surface area contributed by atoms with Gasteiger partial charge in [0, 0.05) is 6.54 Å². The summed E-state index contributed by atoms with van der Waals surface area (Å²) in [4.78, 5) is 12.4. The normalized spacial score (nSPS) is 13.2. The number of carboxylic acids is 1. The summed E-state index contributed by atoms with van der Waals surface area (Å²) in [6.45, 7) is 2.26. The number of ether oxygens (including phenoxy) is 1. The van der Waals surface area contributed by atoms with E-state index in [1.54, 1.807) is 18.9 Å². The second kappa shape index (κ2) is 7.31. The SMILES string of the molecule is CC(C(=O)O)N(C)CCCOc1cccc(C(F)(F)F)c1. The zero-order valence-corrected chi connectivity index (χ0v) is 11.9. The molecular formula is C14H18F3NO3. The first-order valence-corrected chi connectivity index (χ1v) is 6.45. The lowest BCUT2D eigenvalue weighted by Crippen LogP contribution is -2.36. The van der Waals surface area contributed by atoms with E-state index >= 15 is 0 Å². The molecule has 1 N–H and O–H groups in total. The van der Waals surface area contributed by atoms with Gasteiger partial charge in [-0.05, 0) is 38.6 Å². The Labute approximate surface area is 121 Å². The fourth-order valence-electron chi connectivity index (χ4n) is 1.65. The maximum Gasteiger partial charge on any atom is 0.416 e. The standard InChI is InChI=1S/C14H18F3NO3/c1-10(13(19)20)18(2)7-4-8-21-12-6-3-5-11(9-12)14(15,16)17/h3,5-6,9-10H,4,7-8H2,1-2H3,(H,19,20). The van der Waals surface area contributed by atoms with Crippen molar-refractivity contribution in [2.45, 2.75) is 25.6 Å². The third-order valence-electron chi connectivity index (χ3n) is 3.10. The van der Waals surface area contributed by atoms with Crippen LogP contribution in [0.2, 0.25) is 0 Å². The van der Waals surface area contributed by atoms with Crippen molar-refractivity contribution in [1.82, 2.24) is 4.90 Å². The highest BCUT2D eigenvalue weighted by molar-refractivity contribution is 5.72. The lowest BCUT2D eigenvalue weighted by molar-refractivity contribution is -0.142. The van der Waals surface area contributed by atoms with Crippen LogP contribution in [0.4, 0.5) is 13.2 Å². The van der Waals surface area contributed by atoms with E-state index in [4.69, 9.17) is 9.84 Å². The van der Waals surface area contributed by atoms with Gasteiger partial charge in [0.25, 0.3) is 0 Å². The topological polar surface area (TPSA) is 49.8 Å². The number of aliphatic carboxylic acids is 1. The Balaban J connectivity index is 2.41. The Hall–Kier alpha value is -1.76. The Bertz CT molecular complexity index is 477. The van der Waals surface area contributed by atoms with Crippen molar-refractivity contribution < 1.29 is 27.8 Å². The number of benzene rings is 1. The minimum Gasteiger partial charge on any atom is -0.494 e. The molecule has 0 spiro atoms. The summed E-state index contributed by atoms with van der Waals surface area (Å²) in [5.41, 5.74) is -0.753. The predicted octanol–water partition coefficient (Wildman–Crippen LogP) is 2.88. The largest absolute Gasteiger partial charge is 0.494 e. The van der Waals surface area contributed by atoms with Crippen LogP contribution in [0.3, 0.4) is 0 Å². The van der Waals surface area contributed by atoms with E-state index in [0.717, 1.165) is 12.1 Å². The van der Waals surface area contributed by atoms with Gasteiger partial charge in [0.2, 0.25) is 0 Å². The summed E-state index contributed by atoms with van der Waals surface area (Å²) in [6.07, 6.45) is -3.87. The van der Waals surface area contributed by atoms with Gasteiger partial charge in [-0.2, -0.15) is 13.2 Å². The van der Waals surface area contributed by atoms with Crippen LogP contribution in [0, 0.1) is 0 Å². The van der Waals surface area contributed by atoms with Crippen LogP contribution < -0.4 is 4.74 Å². The molecule has 4 nitrogen and oxygen atoms in total. The summed E-state index contributed by atoms with van der Waals surface area (Å²) in [5, 5.41) is 8.81. The highest BCUT2D eigenvalue weighted by Crippen LogP contribution is 2.31. The Morgan fingerprint density at radius 2 is 2.10 bits per heavy atom. The fourth-order valence-corrected chi connectivity index (χ4v) is 1.65. The van der Waals surface area contributed by atoms with Gasteiger partial charge in [0.05, 0.1) is 12.2 Å². The maximum absolute atomic E-state index is 12.5. The quantitative estimate of drug-likeness (QED) is 0.787. The van der Waals surface area contributed by atoms with Crippen LogP contribution in [-0.4, -0.2) is 42.2 Å². The van der Waals surface area contributed by atoms with E-state index in [0.29, 0.717) is 13.0 Å². The van der Waals surface area contributed by atoms with Gasteiger partial charge in [-0.3, -0.25) is 9.69 Å². The molecule has 7 heteroatoms. The molecule has 0 bridgehead atoms. The fraction of sp³-hybridized carbons (Fsp3) is 0.500. The first kappa shape index (κ1) is 17.3. The van der Waals surface area contributed by atoms with Crippen molar-refractivity contribution in [1.29, 1.82) is 0 Å². The molecule has 0 aliphatic rings. The van der Waals surface area contributed by atoms with Crippen molar-refractivity contribution in [3.8, 4) is 5.75 Å². The van der Waals surface area contributed by atoms with Gasteiger partial charge < -0.3 is 9.84 Å².